The molecule has 2 atom stereocenters. The van der Waals surface area contributed by atoms with E-state index < -0.39 is 0 Å². The number of fused-ring (bicyclic) bond motifs is 1. The zero-order chi connectivity index (χ0) is 13.2. The van der Waals surface area contributed by atoms with Gasteiger partial charge in [0.05, 0.1) is 6.04 Å². The number of nitrogens with one attached hydrogen (secondary N) is 1. The van der Waals surface area contributed by atoms with Crippen LogP contribution in [0.5, 0.6) is 0 Å². The van der Waals surface area contributed by atoms with Crippen LogP contribution < -0.4 is 5.32 Å². The van der Waals surface area contributed by atoms with Gasteiger partial charge in [0.15, 0.2) is 0 Å². The Kier molecular flexibility index (Phi) is 5.47. The van der Waals surface area contributed by atoms with E-state index in [1.54, 1.807) is 0 Å². The maximum absolute atomic E-state index is 12.6. The Morgan fingerprint density at radius 3 is 3.10 bits per heavy atom. The quantitative estimate of drug-likeness (QED) is 0.930. The van der Waals surface area contributed by atoms with Gasteiger partial charge in [-0.1, -0.05) is 6.92 Å². The van der Waals surface area contributed by atoms with E-state index in [4.69, 9.17) is 0 Å². The van der Waals surface area contributed by atoms with Crippen LogP contribution in [0.3, 0.4) is 0 Å². The second-order valence-electron chi connectivity index (χ2n) is 5.62. The molecule has 5 heteroatoms. The standard InChI is InChI=1S/C15H22N2OS.ClH/c1-2-13-12-5-8-19-14(12)4-7-17(13)15(18)9-11-3-6-16-10-11;/h5,8,11,13,16H,2-4,6-7,9-10H2,1H3;1H. The van der Waals surface area contributed by atoms with Crippen LogP contribution in [0.4, 0.5) is 0 Å². The fraction of sp³-hybridized carbons (Fsp3) is 0.667. The summed E-state index contributed by atoms with van der Waals surface area (Å²) in [5, 5.41) is 5.52. The van der Waals surface area contributed by atoms with Gasteiger partial charge < -0.3 is 10.2 Å². The maximum atomic E-state index is 12.6. The van der Waals surface area contributed by atoms with Crippen LogP contribution in [0.15, 0.2) is 11.4 Å². The fourth-order valence-corrected chi connectivity index (χ4v) is 4.32. The highest BCUT2D eigenvalue weighted by Crippen LogP contribution is 2.35. The number of amides is 1. The molecule has 1 aromatic heterocycles. The minimum atomic E-state index is 0. The van der Waals surface area contributed by atoms with Crippen molar-refractivity contribution in [2.45, 2.75) is 38.6 Å². The SMILES string of the molecule is CCC1c2ccsc2CCN1C(=O)CC1CCNC1.Cl. The predicted molar refractivity (Wildman–Crippen MR) is 85.6 cm³/mol. The number of carbonyl (C=O) groups is 1. The lowest BCUT2D eigenvalue weighted by molar-refractivity contribution is -0.135. The Hall–Kier alpha value is -0.580. The van der Waals surface area contributed by atoms with Crippen LogP contribution in [0.1, 0.15) is 42.7 Å². The molecule has 0 spiro atoms. The Morgan fingerprint density at radius 1 is 1.55 bits per heavy atom. The largest absolute Gasteiger partial charge is 0.335 e. The average Bonchev–Trinajstić information content (AvgIpc) is 3.07. The summed E-state index contributed by atoms with van der Waals surface area (Å²) < 4.78 is 0. The van der Waals surface area contributed by atoms with Gasteiger partial charge in [0.2, 0.25) is 5.91 Å². The Balaban J connectivity index is 0.00000147. The summed E-state index contributed by atoms with van der Waals surface area (Å²) in [6.07, 6.45) is 3.94. The summed E-state index contributed by atoms with van der Waals surface area (Å²) in [6, 6.07) is 2.53. The Labute approximate surface area is 131 Å². The van der Waals surface area contributed by atoms with Crippen molar-refractivity contribution in [3.05, 3.63) is 21.9 Å². The molecule has 20 heavy (non-hydrogen) atoms. The number of hydrogen-bond donors (Lipinski definition) is 1. The minimum absolute atomic E-state index is 0. The molecule has 3 heterocycles. The van der Waals surface area contributed by atoms with Gasteiger partial charge in [-0.25, -0.2) is 0 Å². The third-order valence-corrected chi connectivity index (χ3v) is 5.42. The van der Waals surface area contributed by atoms with Crippen LogP contribution in [0.25, 0.3) is 0 Å². The number of rotatable bonds is 3. The molecule has 1 aromatic rings. The number of nitrogens with zero attached hydrogens (tertiary/aromatic N) is 1. The van der Waals surface area contributed by atoms with E-state index in [1.165, 1.54) is 10.4 Å². The second kappa shape index (κ2) is 6.92. The van der Waals surface area contributed by atoms with E-state index in [2.05, 4.69) is 28.6 Å². The molecule has 0 radical (unpaired) electrons. The predicted octanol–water partition coefficient (Wildman–Crippen LogP) is 3.01. The number of thiophene rings is 1. The van der Waals surface area contributed by atoms with Gasteiger partial charge in [0.1, 0.15) is 0 Å². The number of hydrogen-bond acceptors (Lipinski definition) is 3. The van der Waals surface area contributed by atoms with Gasteiger partial charge in [0, 0.05) is 17.8 Å². The third-order valence-electron chi connectivity index (χ3n) is 4.43. The molecular weight excluding hydrogens is 292 g/mol. The number of carbonyl (C=O) groups excluding carboxylic acids is 1. The summed E-state index contributed by atoms with van der Waals surface area (Å²) in [5.74, 6) is 0.909. The molecule has 1 saturated heterocycles. The molecule has 3 nitrogen and oxygen atoms in total. The van der Waals surface area contributed by atoms with Crippen LogP contribution in [-0.2, 0) is 11.2 Å². The van der Waals surface area contributed by atoms with Gasteiger partial charge in [-0.2, -0.15) is 0 Å². The topological polar surface area (TPSA) is 32.3 Å². The minimum Gasteiger partial charge on any atom is -0.335 e. The summed E-state index contributed by atoms with van der Waals surface area (Å²) >= 11 is 1.84. The lowest BCUT2D eigenvalue weighted by Gasteiger charge is -2.36. The highest BCUT2D eigenvalue weighted by atomic mass is 35.5. The Morgan fingerprint density at radius 2 is 2.40 bits per heavy atom. The molecule has 0 bridgehead atoms. The van der Waals surface area contributed by atoms with Gasteiger partial charge in [0.25, 0.3) is 0 Å². The van der Waals surface area contributed by atoms with Crippen molar-refractivity contribution in [3.63, 3.8) is 0 Å². The van der Waals surface area contributed by atoms with Crippen LogP contribution in [0.2, 0.25) is 0 Å². The first-order chi connectivity index (χ1) is 9.29. The number of halogens is 1. The van der Waals surface area contributed by atoms with E-state index in [9.17, 15) is 4.79 Å². The molecule has 1 N–H and O–H groups in total. The average molecular weight is 315 g/mol. The summed E-state index contributed by atoms with van der Waals surface area (Å²) in [7, 11) is 0. The van der Waals surface area contributed by atoms with Gasteiger partial charge in [-0.15, -0.1) is 23.7 Å². The lowest BCUT2D eigenvalue weighted by Crippen LogP contribution is -2.40. The molecular formula is C15H23ClN2OS. The first-order valence-corrected chi connectivity index (χ1v) is 8.24. The Bertz CT molecular complexity index is 456. The zero-order valence-electron chi connectivity index (χ0n) is 11.9. The van der Waals surface area contributed by atoms with Crippen molar-refractivity contribution in [1.29, 1.82) is 0 Å². The highest BCUT2D eigenvalue weighted by molar-refractivity contribution is 7.10. The van der Waals surface area contributed by atoms with Gasteiger partial charge in [-0.3, -0.25) is 4.79 Å². The van der Waals surface area contributed by atoms with Gasteiger partial charge in [-0.05, 0) is 55.3 Å². The summed E-state index contributed by atoms with van der Waals surface area (Å²) in [5.41, 5.74) is 1.40. The second-order valence-corrected chi connectivity index (χ2v) is 6.62. The maximum Gasteiger partial charge on any atom is 0.223 e. The molecule has 1 amide bonds. The van der Waals surface area contributed by atoms with Crippen molar-refractivity contribution in [2.75, 3.05) is 19.6 Å². The zero-order valence-corrected chi connectivity index (χ0v) is 13.6. The normalized spacial score (nSPS) is 25.1. The summed E-state index contributed by atoms with van der Waals surface area (Å²) in [6.45, 7) is 5.18. The molecule has 112 valence electrons. The first kappa shape index (κ1) is 15.8. The van der Waals surface area contributed by atoms with Crippen molar-refractivity contribution in [3.8, 4) is 0 Å². The molecule has 0 aromatic carbocycles. The molecule has 3 rings (SSSR count). The smallest absolute Gasteiger partial charge is 0.223 e. The van der Waals surface area contributed by atoms with Crippen LogP contribution >= 0.6 is 23.7 Å². The molecule has 2 aliphatic rings. The third kappa shape index (κ3) is 3.02. The van der Waals surface area contributed by atoms with Crippen LogP contribution in [0, 0.1) is 5.92 Å². The fourth-order valence-electron chi connectivity index (χ4n) is 3.39. The van der Waals surface area contributed by atoms with Crippen molar-refractivity contribution in [1.82, 2.24) is 10.2 Å². The van der Waals surface area contributed by atoms with E-state index in [0.717, 1.165) is 45.3 Å². The van der Waals surface area contributed by atoms with E-state index in [1.807, 2.05) is 11.3 Å². The monoisotopic (exact) mass is 314 g/mol. The highest BCUT2D eigenvalue weighted by Gasteiger charge is 2.31. The van der Waals surface area contributed by atoms with E-state index in [0.29, 0.717) is 17.9 Å². The first-order valence-electron chi connectivity index (χ1n) is 7.36. The molecule has 1 fully saturated rings. The molecule has 0 aliphatic carbocycles. The summed E-state index contributed by atoms with van der Waals surface area (Å²) in [4.78, 5) is 16.2. The van der Waals surface area contributed by atoms with Gasteiger partial charge >= 0.3 is 0 Å². The van der Waals surface area contributed by atoms with E-state index in [-0.39, 0.29) is 12.4 Å². The lowest BCUT2D eigenvalue weighted by atomic mass is 9.96. The molecule has 2 aliphatic heterocycles. The van der Waals surface area contributed by atoms with E-state index >= 15 is 0 Å². The molecule has 0 saturated carbocycles. The molecule has 2 unspecified atom stereocenters. The van der Waals surface area contributed by atoms with Crippen molar-refractivity contribution < 1.29 is 4.79 Å². The van der Waals surface area contributed by atoms with Crippen molar-refractivity contribution in [2.24, 2.45) is 5.92 Å². The van der Waals surface area contributed by atoms with Crippen molar-refractivity contribution >= 4 is 29.7 Å². The van der Waals surface area contributed by atoms with Crippen LogP contribution in [-0.4, -0.2) is 30.4 Å².